The number of piperidine rings is 1. The van der Waals surface area contributed by atoms with Gasteiger partial charge in [-0.2, -0.15) is 5.26 Å². The smallest absolute Gasteiger partial charge is 0.265 e. The maximum absolute atomic E-state index is 13.3. The lowest BCUT2D eigenvalue weighted by atomic mass is 9.62. The minimum atomic E-state index is -0.708. The number of aryl methyl sites for hydroxylation is 2. The SMILES string of the molecule is CC#Cc1cc(C)c(C2C(=O)CC3(CCN(C(=O)c4cnc(C#N)s4)CC3)CC2=O)c(C)c1. The third-order valence-corrected chi connectivity index (χ3v) is 7.71. The fourth-order valence-corrected chi connectivity index (χ4v) is 5.95. The second-order valence-corrected chi connectivity index (χ2v) is 10.1. The van der Waals surface area contributed by atoms with Crippen molar-refractivity contribution in [3.8, 4) is 17.9 Å². The minimum absolute atomic E-state index is 0.0207. The van der Waals surface area contributed by atoms with Gasteiger partial charge in [0.2, 0.25) is 0 Å². The molecule has 4 rings (SSSR count). The van der Waals surface area contributed by atoms with Crippen LogP contribution in [0.4, 0.5) is 0 Å². The van der Waals surface area contributed by atoms with E-state index in [1.165, 1.54) is 6.20 Å². The van der Waals surface area contributed by atoms with Crippen LogP contribution in [0.15, 0.2) is 18.3 Å². The summed E-state index contributed by atoms with van der Waals surface area (Å²) >= 11 is 1.09. The van der Waals surface area contributed by atoms with Gasteiger partial charge in [-0.3, -0.25) is 14.4 Å². The average molecular weight is 460 g/mol. The van der Waals surface area contributed by atoms with E-state index >= 15 is 0 Å². The van der Waals surface area contributed by atoms with E-state index in [0.717, 1.165) is 33.6 Å². The highest BCUT2D eigenvalue weighted by molar-refractivity contribution is 7.14. The molecule has 2 heterocycles. The zero-order valence-corrected chi connectivity index (χ0v) is 19.8. The van der Waals surface area contributed by atoms with Crippen LogP contribution in [0, 0.1) is 42.4 Å². The van der Waals surface area contributed by atoms with Gasteiger partial charge in [0, 0.05) is 31.5 Å². The van der Waals surface area contributed by atoms with Gasteiger partial charge in [-0.05, 0) is 67.9 Å². The van der Waals surface area contributed by atoms with Crippen molar-refractivity contribution < 1.29 is 14.4 Å². The molecule has 0 atom stereocenters. The van der Waals surface area contributed by atoms with Crippen LogP contribution in [-0.2, 0) is 9.59 Å². The van der Waals surface area contributed by atoms with E-state index in [1.807, 2.05) is 32.0 Å². The number of thiazole rings is 1. The molecule has 2 aromatic rings. The normalized spacial score (nSPS) is 18.1. The zero-order valence-electron chi connectivity index (χ0n) is 19.0. The van der Waals surface area contributed by atoms with E-state index in [-0.39, 0.29) is 27.9 Å². The summed E-state index contributed by atoms with van der Waals surface area (Å²) in [4.78, 5) is 45.5. The molecule has 1 amide bonds. The van der Waals surface area contributed by atoms with Gasteiger partial charge in [-0.15, -0.1) is 5.92 Å². The average Bonchev–Trinajstić information content (AvgIpc) is 3.25. The quantitative estimate of drug-likeness (QED) is 0.501. The van der Waals surface area contributed by atoms with E-state index in [9.17, 15) is 14.4 Å². The molecule has 1 saturated carbocycles. The molecule has 0 bridgehead atoms. The van der Waals surface area contributed by atoms with E-state index in [0.29, 0.717) is 43.6 Å². The number of benzene rings is 1. The summed E-state index contributed by atoms with van der Waals surface area (Å²) in [5.41, 5.74) is 3.20. The standard InChI is InChI=1S/C26H25N3O3S/c1-4-5-18-10-16(2)23(17(3)11-18)24-19(30)12-26(13-20(24)31)6-8-29(9-7-26)25(32)21-15-28-22(14-27)33-21/h10-11,15,24H,6-9,12-13H2,1-3H3. The highest BCUT2D eigenvalue weighted by Crippen LogP contribution is 2.46. The molecule has 1 saturated heterocycles. The molecule has 1 aliphatic carbocycles. The van der Waals surface area contributed by atoms with Gasteiger partial charge in [0.15, 0.2) is 5.01 Å². The molecule has 6 nitrogen and oxygen atoms in total. The second kappa shape index (κ2) is 8.92. The molecule has 0 radical (unpaired) electrons. The fourth-order valence-electron chi connectivity index (χ4n) is 5.27. The molecule has 33 heavy (non-hydrogen) atoms. The molecule has 7 heteroatoms. The topological polar surface area (TPSA) is 91.1 Å². The van der Waals surface area contributed by atoms with Gasteiger partial charge in [-0.1, -0.05) is 17.3 Å². The van der Waals surface area contributed by atoms with E-state index in [2.05, 4.69) is 16.8 Å². The van der Waals surface area contributed by atoms with Crippen LogP contribution in [0.1, 0.15) is 75.5 Å². The molecule has 1 aliphatic heterocycles. The van der Waals surface area contributed by atoms with Gasteiger partial charge in [0.1, 0.15) is 28.4 Å². The van der Waals surface area contributed by atoms with Crippen molar-refractivity contribution in [3.05, 3.63) is 50.5 Å². The van der Waals surface area contributed by atoms with Gasteiger partial charge in [0.25, 0.3) is 5.91 Å². The molecule has 0 N–H and O–H groups in total. The number of rotatable bonds is 2. The van der Waals surface area contributed by atoms with Crippen LogP contribution in [0.2, 0.25) is 0 Å². The lowest BCUT2D eigenvalue weighted by Crippen LogP contribution is -2.48. The Balaban J connectivity index is 1.48. The first-order chi connectivity index (χ1) is 15.8. The lowest BCUT2D eigenvalue weighted by Gasteiger charge is -2.44. The Labute approximate surface area is 197 Å². The maximum atomic E-state index is 13.3. The predicted octanol–water partition coefficient (Wildman–Crippen LogP) is 3.94. The van der Waals surface area contributed by atoms with Crippen molar-refractivity contribution in [1.82, 2.24) is 9.88 Å². The Morgan fingerprint density at radius 3 is 2.27 bits per heavy atom. The van der Waals surface area contributed by atoms with Gasteiger partial charge >= 0.3 is 0 Å². The highest BCUT2D eigenvalue weighted by Gasteiger charge is 2.48. The first kappa shape index (κ1) is 22.9. The van der Waals surface area contributed by atoms with Gasteiger partial charge in [-0.25, -0.2) is 4.98 Å². The van der Waals surface area contributed by atoms with Crippen LogP contribution in [0.25, 0.3) is 0 Å². The summed E-state index contributed by atoms with van der Waals surface area (Å²) in [6.07, 6.45) is 3.40. The second-order valence-electron chi connectivity index (χ2n) is 9.05. The number of aromatic nitrogens is 1. The first-order valence-corrected chi connectivity index (χ1v) is 11.8. The fraction of sp³-hybridized carbons (Fsp3) is 0.423. The third kappa shape index (κ3) is 4.34. The summed E-state index contributed by atoms with van der Waals surface area (Å²) in [6, 6.07) is 5.85. The highest BCUT2D eigenvalue weighted by atomic mass is 32.1. The molecule has 1 aromatic heterocycles. The third-order valence-electron chi connectivity index (χ3n) is 6.82. The number of nitriles is 1. The Morgan fingerprint density at radius 2 is 1.76 bits per heavy atom. The Morgan fingerprint density at radius 1 is 1.15 bits per heavy atom. The van der Waals surface area contributed by atoms with Crippen molar-refractivity contribution in [2.45, 2.75) is 52.4 Å². The van der Waals surface area contributed by atoms with Crippen LogP contribution in [0.3, 0.4) is 0 Å². The molecule has 1 aromatic carbocycles. The number of amides is 1. The number of carbonyl (C=O) groups is 3. The van der Waals surface area contributed by atoms with Crippen molar-refractivity contribution in [2.75, 3.05) is 13.1 Å². The summed E-state index contributed by atoms with van der Waals surface area (Å²) in [5, 5.41) is 9.20. The predicted molar refractivity (Wildman–Crippen MR) is 125 cm³/mol. The number of Topliss-reactive ketones (excluding diaryl/α,β-unsaturated/α-hetero) is 2. The number of carbonyl (C=O) groups excluding carboxylic acids is 3. The molecular weight excluding hydrogens is 434 g/mol. The monoisotopic (exact) mass is 459 g/mol. The summed E-state index contributed by atoms with van der Waals surface area (Å²) in [7, 11) is 0. The molecular formula is C26H25N3O3S. The Bertz CT molecular complexity index is 1210. The van der Waals surface area contributed by atoms with Crippen LogP contribution >= 0.6 is 11.3 Å². The summed E-state index contributed by atoms with van der Waals surface area (Å²) in [5.74, 6) is 5.05. The van der Waals surface area contributed by atoms with E-state index < -0.39 is 5.92 Å². The van der Waals surface area contributed by atoms with Crippen LogP contribution in [0.5, 0.6) is 0 Å². The summed E-state index contributed by atoms with van der Waals surface area (Å²) < 4.78 is 0. The number of likely N-dealkylation sites (tertiary alicyclic amines) is 1. The van der Waals surface area contributed by atoms with Crippen molar-refractivity contribution in [1.29, 1.82) is 5.26 Å². The Kier molecular flexibility index (Phi) is 6.19. The van der Waals surface area contributed by atoms with Crippen molar-refractivity contribution >= 4 is 28.8 Å². The Hall–Kier alpha value is -3.29. The molecule has 0 unspecified atom stereocenters. The van der Waals surface area contributed by atoms with Gasteiger partial charge in [0.05, 0.1) is 6.20 Å². The lowest BCUT2D eigenvalue weighted by molar-refractivity contribution is -0.138. The largest absolute Gasteiger partial charge is 0.338 e. The van der Waals surface area contributed by atoms with Crippen molar-refractivity contribution in [2.24, 2.45) is 5.41 Å². The number of hydrogen-bond acceptors (Lipinski definition) is 6. The molecule has 168 valence electrons. The first-order valence-electron chi connectivity index (χ1n) is 11.0. The maximum Gasteiger partial charge on any atom is 0.265 e. The van der Waals surface area contributed by atoms with Gasteiger partial charge < -0.3 is 4.90 Å². The number of nitrogens with zero attached hydrogens (tertiary/aromatic N) is 3. The molecule has 1 spiro atoms. The zero-order chi connectivity index (χ0) is 23.8. The van der Waals surface area contributed by atoms with E-state index in [1.54, 1.807) is 11.8 Å². The van der Waals surface area contributed by atoms with E-state index in [4.69, 9.17) is 5.26 Å². The van der Waals surface area contributed by atoms with Crippen LogP contribution in [-0.4, -0.2) is 40.4 Å². The molecule has 2 aliphatic rings. The summed E-state index contributed by atoms with van der Waals surface area (Å²) in [6.45, 7) is 6.65. The number of ketones is 2. The minimum Gasteiger partial charge on any atom is -0.338 e. The van der Waals surface area contributed by atoms with Crippen LogP contribution < -0.4 is 0 Å². The van der Waals surface area contributed by atoms with Crippen molar-refractivity contribution in [3.63, 3.8) is 0 Å². The molecule has 2 fully saturated rings. The number of hydrogen-bond donors (Lipinski definition) is 0.